The van der Waals surface area contributed by atoms with E-state index >= 15 is 0 Å². The Morgan fingerprint density at radius 2 is 1.92 bits per heavy atom. The smallest absolute Gasteiger partial charge is 0.191 e. The molecule has 0 aliphatic heterocycles. The fourth-order valence-corrected chi connectivity index (χ4v) is 2.67. The third kappa shape index (κ3) is 2.34. The highest BCUT2D eigenvalue weighted by molar-refractivity contribution is 7.91. The van der Waals surface area contributed by atoms with Gasteiger partial charge in [0.25, 0.3) is 0 Å². The van der Waals surface area contributed by atoms with E-state index in [2.05, 4.69) is 0 Å². The molecule has 80 valence electrons. The first-order valence-corrected chi connectivity index (χ1v) is 5.87. The SMILES string of the molecule is CS(=O)(=O)C1(O)CCCCC1O.Cl. The number of aliphatic hydroxyl groups excluding tert-OH is 1. The van der Waals surface area contributed by atoms with Crippen LogP contribution in [0.15, 0.2) is 0 Å². The van der Waals surface area contributed by atoms with Crippen molar-refractivity contribution in [3.05, 3.63) is 0 Å². The zero-order valence-corrected chi connectivity index (χ0v) is 9.07. The Morgan fingerprint density at radius 1 is 1.38 bits per heavy atom. The molecule has 2 atom stereocenters. The van der Waals surface area contributed by atoms with Crippen LogP contribution in [-0.4, -0.2) is 35.9 Å². The fourth-order valence-electron chi connectivity index (χ4n) is 1.54. The third-order valence-corrected chi connectivity index (χ3v) is 4.19. The quantitative estimate of drug-likeness (QED) is 0.669. The average Bonchev–Trinajstić information content (AvgIpc) is 1.93. The second-order valence-corrected chi connectivity index (χ2v) is 5.63. The van der Waals surface area contributed by atoms with Gasteiger partial charge >= 0.3 is 0 Å². The van der Waals surface area contributed by atoms with Gasteiger partial charge in [0.1, 0.15) is 0 Å². The average molecular weight is 231 g/mol. The molecule has 0 spiro atoms. The van der Waals surface area contributed by atoms with Crippen LogP contribution in [0.25, 0.3) is 0 Å². The minimum atomic E-state index is -3.57. The van der Waals surface area contributed by atoms with E-state index in [9.17, 15) is 18.6 Å². The Labute approximate surface area is 84.3 Å². The summed E-state index contributed by atoms with van der Waals surface area (Å²) in [7, 11) is -3.57. The molecule has 1 saturated carbocycles. The van der Waals surface area contributed by atoms with Gasteiger partial charge in [0.15, 0.2) is 14.8 Å². The van der Waals surface area contributed by atoms with Gasteiger partial charge in [-0.05, 0) is 19.3 Å². The van der Waals surface area contributed by atoms with Crippen LogP contribution in [0.5, 0.6) is 0 Å². The van der Waals surface area contributed by atoms with Gasteiger partial charge in [0.2, 0.25) is 0 Å². The lowest BCUT2D eigenvalue weighted by atomic mass is 9.94. The first-order valence-electron chi connectivity index (χ1n) is 3.98. The molecule has 2 unspecified atom stereocenters. The first kappa shape index (κ1) is 13.2. The Bertz CT molecular complexity index is 264. The van der Waals surface area contributed by atoms with Crippen LogP contribution < -0.4 is 0 Å². The number of sulfone groups is 1. The molecule has 4 nitrogen and oxygen atoms in total. The van der Waals surface area contributed by atoms with Gasteiger partial charge in [-0.25, -0.2) is 8.42 Å². The van der Waals surface area contributed by atoms with Crippen LogP contribution in [0.3, 0.4) is 0 Å². The van der Waals surface area contributed by atoms with E-state index in [1.807, 2.05) is 0 Å². The minimum absolute atomic E-state index is 0. The Hall–Kier alpha value is 0.160. The van der Waals surface area contributed by atoms with Gasteiger partial charge in [0, 0.05) is 6.26 Å². The highest BCUT2D eigenvalue weighted by atomic mass is 35.5. The lowest BCUT2D eigenvalue weighted by molar-refractivity contribution is -0.0405. The van der Waals surface area contributed by atoms with Crippen molar-refractivity contribution in [1.82, 2.24) is 0 Å². The summed E-state index contributed by atoms with van der Waals surface area (Å²) in [5.41, 5.74) is 0. The molecular weight excluding hydrogens is 216 g/mol. The summed E-state index contributed by atoms with van der Waals surface area (Å²) in [5, 5.41) is 19.0. The maximum atomic E-state index is 11.1. The molecule has 0 saturated heterocycles. The summed E-state index contributed by atoms with van der Waals surface area (Å²) in [5.74, 6) is 0. The van der Waals surface area contributed by atoms with Crippen molar-refractivity contribution in [3.8, 4) is 0 Å². The van der Waals surface area contributed by atoms with Crippen LogP contribution in [0.2, 0.25) is 0 Å². The molecular formula is C7H15ClO4S. The molecule has 0 radical (unpaired) electrons. The molecule has 13 heavy (non-hydrogen) atoms. The Kier molecular flexibility index (Phi) is 4.18. The van der Waals surface area contributed by atoms with Crippen molar-refractivity contribution in [2.75, 3.05) is 6.26 Å². The van der Waals surface area contributed by atoms with Crippen LogP contribution >= 0.6 is 12.4 Å². The van der Waals surface area contributed by atoms with Gasteiger partial charge in [-0.2, -0.15) is 0 Å². The highest BCUT2D eigenvalue weighted by Gasteiger charge is 2.46. The number of rotatable bonds is 1. The molecule has 0 heterocycles. The van der Waals surface area contributed by atoms with Crippen LogP contribution in [0.1, 0.15) is 25.7 Å². The van der Waals surface area contributed by atoms with Gasteiger partial charge in [-0.3, -0.25) is 0 Å². The van der Waals surface area contributed by atoms with E-state index in [-0.39, 0.29) is 18.8 Å². The largest absolute Gasteiger partial charge is 0.389 e. The van der Waals surface area contributed by atoms with E-state index < -0.39 is 20.9 Å². The molecule has 1 aliphatic rings. The number of aliphatic hydroxyl groups is 2. The predicted octanol–water partition coefficient (Wildman–Crippen LogP) is 0.0763. The first-order chi connectivity index (χ1) is 5.38. The molecule has 0 aromatic heterocycles. The molecule has 0 aromatic carbocycles. The number of hydrogen-bond acceptors (Lipinski definition) is 4. The minimum Gasteiger partial charge on any atom is -0.389 e. The van der Waals surface area contributed by atoms with Gasteiger partial charge in [-0.1, -0.05) is 6.42 Å². The molecule has 0 bridgehead atoms. The highest BCUT2D eigenvalue weighted by Crippen LogP contribution is 2.32. The number of halogens is 1. The second kappa shape index (κ2) is 4.13. The summed E-state index contributed by atoms with van der Waals surface area (Å²) < 4.78 is 22.2. The summed E-state index contributed by atoms with van der Waals surface area (Å²) in [6.45, 7) is 0. The predicted molar refractivity (Wildman–Crippen MR) is 51.5 cm³/mol. The fraction of sp³-hybridized carbons (Fsp3) is 1.00. The molecule has 0 amide bonds. The molecule has 1 rings (SSSR count). The van der Waals surface area contributed by atoms with E-state index in [0.29, 0.717) is 12.8 Å². The lowest BCUT2D eigenvalue weighted by Crippen LogP contribution is -2.50. The summed E-state index contributed by atoms with van der Waals surface area (Å²) in [6.07, 6.45) is 1.78. The molecule has 6 heteroatoms. The van der Waals surface area contributed by atoms with Gasteiger partial charge < -0.3 is 10.2 Å². The van der Waals surface area contributed by atoms with Crippen molar-refractivity contribution in [2.45, 2.75) is 36.7 Å². The van der Waals surface area contributed by atoms with Crippen molar-refractivity contribution in [1.29, 1.82) is 0 Å². The topological polar surface area (TPSA) is 74.6 Å². The standard InChI is InChI=1S/C7H14O4S.ClH/c1-12(10,11)7(9)5-3-2-4-6(7)8;/h6,8-9H,2-5H2,1H3;1H. The van der Waals surface area contributed by atoms with Crippen molar-refractivity contribution >= 4 is 22.2 Å². The molecule has 1 fully saturated rings. The van der Waals surface area contributed by atoms with E-state index in [1.54, 1.807) is 0 Å². The maximum Gasteiger partial charge on any atom is 0.191 e. The molecule has 0 aromatic rings. The maximum absolute atomic E-state index is 11.1. The normalized spacial score (nSPS) is 35.2. The monoisotopic (exact) mass is 230 g/mol. The van der Waals surface area contributed by atoms with Crippen LogP contribution in [0.4, 0.5) is 0 Å². The molecule has 2 N–H and O–H groups in total. The number of hydrogen-bond donors (Lipinski definition) is 2. The summed E-state index contributed by atoms with van der Waals surface area (Å²) in [4.78, 5) is -1.90. The summed E-state index contributed by atoms with van der Waals surface area (Å²) in [6, 6.07) is 0. The second-order valence-electron chi connectivity index (χ2n) is 3.38. The Balaban J connectivity index is 0.00000144. The van der Waals surface area contributed by atoms with Crippen molar-refractivity contribution < 1.29 is 18.6 Å². The van der Waals surface area contributed by atoms with Crippen molar-refractivity contribution in [2.24, 2.45) is 0 Å². The Morgan fingerprint density at radius 3 is 2.23 bits per heavy atom. The van der Waals surface area contributed by atoms with Crippen LogP contribution in [0, 0.1) is 0 Å². The lowest BCUT2D eigenvalue weighted by Gasteiger charge is -2.34. The zero-order valence-electron chi connectivity index (χ0n) is 7.43. The summed E-state index contributed by atoms with van der Waals surface area (Å²) >= 11 is 0. The van der Waals surface area contributed by atoms with E-state index in [1.165, 1.54) is 0 Å². The van der Waals surface area contributed by atoms with Crippen LogP contribution in [-0.2, 0) is 9.84 Å². The van der Waals surface area contributed by atoms with E-state index in [0.717, 1.165) is 12.7 Å². The van der Waals surface area contributed by atoms with E-state index in [4.69, 9.17) is 0 Å². The zero-order chi connectivity index (χ0) is 9.41. The third-order valence-electron chi connectivity index (χ3n) is 2.43. The van der Waals surface area contributed by atoms with Gasteiger partial charge in [0.05, 0.1) is 6.10 Å². The molecule has 1 aliphatic carbocycles. The van der Waals surface area contributed by atoms with Gasteiger partial charge in [-0.15, -0.1) is 12.4 Å². The van der Waals surface area contributed by atoms with Crippen molar-refractivity contribution in [3.63, 3.8) is 0 Å².